The second-order valence-corrected chi connectivity index (χ2v) is 9.58. The first-order valence-electron chi connectivity index (χ1n) is 11.4. The summed E-state index contributed by atoms with van der Waals surface area (Å²) in [4.78, 5) is 40.6. The van der Waals surface area contributed by atoms with Gasteiger partial charge in [0.15, 0.2) is 5.69 Å². The Morgan fingerprint density at radius 2 is 1.76 bits per heavy atom. The molecule has 0 aliphatic carbocycles. The van der Waals surface area contributed by atoms with Crippen LogP contribution < -0.4 is 21.7 Å². The normalized spacial score (nSPS) is 11.6. The van der Waals surface area contributed by atoms with Crippen LogP contribution in [0.1, 0.15) is 42.9 Å². The van der Waals surface area contributed by atoms with E-state index in [9.17, 15) is 18.8 Å². The second-order valence-electron chi connectivity index (χ2n) is 8.40. The molecule has 1 heterocycles. The summed E-state index contributed by atoms with van der Waals surface area (Å²) in [5, 5.41) is 3.21. The summed E-state index contributed by atoms with van der Waals surface area (Å²) in [6, 6.07) is 18.1. The van der Waals surface area contributed by atoms with Gasteiger partial charge in [-0.05, 0) is 59.4 Å². The third-order valence-electron chi connectivity index (χ3n) is 5.81. The maximum Gasteiger partial charge on any atom is 0.273 e. The van der Waals surface area contributed by atoms with Crippen molar-refractivity contribution in [3.63, 3.8) is 0 Å². The molecule has 8 nitrogen and oxygen atoms in total. The number of nitrogen functional groups attached to an aromatic ring is 1. The van der Waals surface area contributed by atoms with Crippen LogP contribution in [0.15, 0.2) is 72.8 Å². The minimum Gasteiger partial charge on any atom is -0.395 e. The van der Waals surface area contributed by atoms with Gasteiger partial charge in [0, 0.05) is 17.3 Å². The molecular weight excluding hydrogens is 529 g/mol. The van der Waals surface area contributed by atoms with Crippen molar-refractivity contribution < 1.29 is 18.8 Å². The van der Waals surface area contributed by atoms with Crippen LogP contribution >= 0.6 is 23.1 Å². The topological polar surface area (TPSA) is 131 Å². The van der Waals surface area contributed by atoms with Gasteiger partial charge in [0.2, 0.25) is 5.91 Å². The van der Waals surface area contributed by atoms with E-state index in [4.69, 9.17) is 23.1 Å². The molecule has 194 valence electrons. The van der Waals surface area contributed by atoms with Gasteiger partial charge >= 0.3 is 0 Å². The van der Waals surface area contributed by atoms with Gasteiger partial charge in [-0.3, -0.25) is 19.3 Å². The molecule has 11 heteroatoms. The molecule has 4 rings (SSSR count). The van der Waals surface area contributed by atoms with Crippen LogP contribution in [0, 0.1) is 12.7 Å². The molecule has 3 aromatic carbocycles. The van der Waals surface area contributed by atoms with Crippen LogP contribution in [0.4, 0.5) is 15.8 Å². The average molecular weight is 552 g/mol. The lowest BCUT2D eigenvalue weighted by Gasteiger charge is -2.31. The lowest BCUT2D eigenvalue weighted by molar-refractivity contribution is -0.122. The van der Waals surface area contributed by atoms with Crippen LogP contribution in [0.25, 0.3) is 0 Å². The molecule has 0 radical (unpaired) electrons. The number of aromatic nitrogens is 1. The molecule has 38 heavy (non-hydrogen) atoms. The number of carbonyl (C=O) groups excluding carboxylic acids is 3. The number of anilines is 2. The maximum absolute atomic E-state index is 14.0. The number of benzene rings is 3. The van der Waals surface area contributed by atoms with E-state index in [1.54, 1.807) is 25.1 Å². The first-order chi connectivity index (χ1) is 18.2. The van der Waals surface area contributed by atoms with Crippen molar-refractivity contribution in [3.05, 3.63) is 111 Å². The predicted molar refractivity (Wildman–Crippen MR) is 145 cm³/mol. The molecule has 0 aliphatic heterocycles. The summed E-state index contributed by atoms with van der Waals surface area (Å²) in [6.07, 6.45) is 0. The fourth-order valence-corrected chi connectivity index (χ4v) is 4.72. The Hall–Kier alpha value is -4.28. The zero-order chi connectivity index (χ0) is 27.4. The molecule has 0 spiro atoms. The summed E-state index contributed by atoms with van der Waals surface area (Å²) < 4.78 is 17.8. The number of hydrogen-bond donors (Lipinski definition) is 3. The summed E-state index contributed by atoms with van der Waals surface area (Å²) in [5.41, 5.74) is 13.2. The van der Waals surface area contributed by atoms with Gasteiger partial charge in [-0.1, -0.05) is 60.1 Å². The van der Waals surface area contributed by atoms with Crippen LogP contribution in [0.5, 0.6) is 0 Å². The number of nitrogens with one attached hydrogen (secondary N) is 1. The average Bonchev–Trinajstić information content (AvgIpc) is 3.30. The highest BCUT2D eigenvalue weighted by Crippen LogP contribution is 2.35. The van der Waals surface area contributed by atoms with Crippen LogP contribution in [-0.2, 0) is 11.3 Å². The van der Waals surface area contributed by atoms with Crippen molar-refractivity contribution in [2.45, 2.75) is 19.5 Å². The minimum absolute atomic E-state index is 0.0848. The molecule has 5 N–H and O–H groups in total. The van der Waals surface area contributed by atoms with Gasteiger partial charge in [0.25, 0.3) is 11.8 Å². The number of rotatable bonds is 8. The highest BCUT2D eigenvalue weighted by molar-refractivity contribution is 7.09. The Kier molecular flexibility index (Phi) is 8.04. The van der Waals surface area contributed by atoms with Gasteiger partial charge < -0.3 is 16.8 Å². The zero-order valence-electron chi connectivity index (χ0n) is 20.2. The number of amides is 3. The summed E-state index contributed by atoms with van der Waals surface area (Å²) in [7, 11) is 0. The molecule has 0 saturated carbocycles. The molecule has 1 atom stereocenters. The fourth-order valence-electron chi connectivity index (χ4n) is 3.80. The SMILES string of the molecule is Cc1ccc(N(C(=O)c2snc(C(N)=O)c2N)C(C(=O)NCc2ccccc2)c2ccc(F)cc2)cc1Cl. The lowest BCUT2D eigenvalue weighted by atomic mass is 10.0. The van der Waals surface area contributed by atoms with E-state index >= 15 is 0 Å². The highest BCUT2D eigenvalue weighted by Gasteiger charge is 2.36. The van der Waals surface area contributed by atoms with E-state index < -0.39 is 29.6 Å². The molecule has 1 unspecified atom stereocenters. The zero-order valence-corrected chi connectivity index (χ0v) is 21.7. The Balaban J connectivity index is 1.85. The van der Waals surface area contributed by atoms with Crippen molar-refractivity contribution in [1.82, 2.24) is 9.69 Å². The molecular formula is C27H23ClFN5O3S. The number of aryl methyl sites for hydroxylation is 1. The van der Waals surface area contributed by atoms with E-state index in [2.05, 4.69) is 9.69 Å². The first-order valence-corrected chi connectivity index (χ1v) is 12.5. The van der Waals surface area contributed by atoms with Crippen LogP contribution in [-0.4, -0.2) is 22.1 Å². The van der Waals surface area contributed by atoms with E-state index in [1.165, 1.54) is 29.2 Å². The van der Waals surface area contributed by atoms with E-state index in [-0.39, 0.29) is 28.5 Å². The van der Waals surface area contributed by atoms with E-state index in [0.29, 0.717) is 22.1 Å². The van der Waals surface area contributed by atoms with Gasteiger partial charge in [-0.2, -0.15) is 4.37 Å². The Bertz CT molecular complexity index is 1490. The Labute approximate surface area is 227 Å². The van der Waals surface area contributed by atoms with Crippen molar-refractivity contribution in [1.29, 1.82) is 0 Å². The standard InChI is InChI=1S/C27H23ClFN5O3S/c1-15-7-12-19(13-20(15)28)34(27(37)24-21(30)22(25(31)35)33-38-24)23(17-8-10-18(29)11-9-17)26(36)32-14-16-5-3-2-4-6-16/h2-13,23H,14,30H2,1H3,(H2,31,35)(H,32,36). The third-order valence-corrected chi connectivity index (χ3v) is 7.07. The largest absolute Gasteiger partial charge is 0.395 e. The van der Waals surface area contributed by atoms with Gasteiger partial charge in [-0.15, -0.1) is 0 Å². The van der Waals surface area contributed by atoms with Gasteiger partial charge in [0.1, 0.15) is 16.7 Å². The molecule has 0 saturated heterocycles. The molecule has 3 amide bonds. The molecule has 0 bridgehead atoms. The van der Waals surface area contributed by atoms with Gasteiger partial charge in [-0.25, -0.2) is 4.39 Å². The van der Waals surface area contributed by atoms with Crippen molar-refractivity contribution in [3.8, 4) is 0 Å². The molecule has 1 aromatic heterocycles. The quantitative estimate of drug-likeness (QED) is 0.294. The molecule has 0 aliphatic rings. The van der Waals surface area contributed by atoms with Crippen molar-refractivity contribution in [2.75, 3.05) is 10.6 Å². The highest BCUT2D eigenvalue weighted by atomic mass is 35.5. The minimum atomic E-state index is -1.26. The number of halogens is 2. The number of hydrogen-bond acceptors (Lipinski definition) is 6. The van der Waals surface area contributed by atoms with E-state index in [0.717, 1.165) is 11.1 Å². The second kappa shape index (κ2) is 11.4. The summed E-state index contributed by atoms with van der Waals surface area (Å²) >= 11 is 7.08. The first kappa shape index (κ1) is 26.8. The Morgan fingerprint density at radius 3 is 2.37 bits per heavy atom. The number of nitrogens with zero attached hydrogens (tertiary/aromatic N) is 2. The number of nitrogens with two attached hydrogens (primary N) is 2. The summed E-state index contributed by atoms with van der Waals surface area (Å²) in [6.45, 7) is 1.98. The van der Waals surface area contributed by atoms with Crippen LogP contribution in [0.2, 0.25) is 5.02 Å². The fraction of sp³-hybridized carbons (Fsp3) is 0.111. The predicted octanol–water partition coefficient (Wildman–Crippen LogP) is 4.63. The van der Waals surface area contributed by atoms with E-state index in [1.807, 2.05) is 30.3 Å². The smallest absolute Gasteiger partial charge is 0.273 e. The van der Waals surface area contributed by atoms with Crippen LogP contribution in [0.3, 0.4) is 0 Å². The lowest BCUT2D eigenvalue weighted by Crippen LogP contribution is -2.44. The van der Waals surface area contributed by atoms with Crippen molar-refractivity contribution >= 4 is 52.2 Å². The molecule has 0 fully saturated rings. The van der Waals surface area contributed by atoms with Crippen molar-refractivity contribution in [2.24, 2.45) is 5.73 Å². The molecule has 4 aromatic rings. The van der Waals surface area contributed by atoms with Gasteiger partial charge in [0.05, 0.1) is 5.69 Å². The summed E-state index contributed by atoms with van der Waals surface area (Å²) in [5.74, 6) is -2.65. The third kappa shape index (κ3) is 5.66. The number of carbonyl (C=O) groups is 3. The number of primary amides is 1. The monoisotopic (exact) mass is 551 g/mol. The maximum atomic E-state index is 14.0. The Morgan fingerprint density at radius 1 is 1.08 bits per heavy atom.